The highest BCUT2D eigenvalue weighted by Crippen LogP contribution is 2.32. The molecule has 0 spiro atoms. The molecule has 37 heavy (non-hydrogen) atoms. The minimum absolute atomic E-state index is 0.0580. The summed E-state index contributed by atoms with van der Waals surface area (Å²) in [6.07, 6.45) is 4.88. The third kappa shape index (κ3) is 6.71. The monoisotopic (exact) mass is 529 g/mol. The number of piperazine rings is 1. The van der Waals surface area contributed by atoms with Crippen molar-refractivity contribution in [1.29, 1.82) is 0 Å². The molecule has 202 valence electrons. The summed E-state index contributed by atoms with van der Waals surface area (Å²) in [4.78, 5) is 15.4. The van der Waals surface area contributed by atoms with Gasteiger partial charge >= 0.3 is 0 Å². The molecule has 2 aromatic carbocycles. The quantitative estimate of drug-likeness (QED) is 0.457. The molecule has 1 amide bonds. The van der Waals surface area contributed by atoms with Crippen molar-refractivity contribution >= 4 is 21.6 Å². The van der Waals surface area contributed by atoms with Crippen LogP contribution in [0.5, 0.6) is 0 Å². The van der Waals surface area contributed by atoms with Crippen LogP contribution in [-0.4, -0.2) is 61.0 Å². The summed E-state index contributed by atoms with van der Waals surface area (Å²) in [5.41, 5.74) is 3.70. The number of sulfonamides is 1. The van der Waals surface area contributed by atoms with Gasteiger partial charge in [0.2, 0.25) is 15.9 Å². The van der Waals surface area contributed by atoms with Gasteiger partial charge in [-0.15, -0.1) is 0 Å². The summed E-state index contributed by atoms with van der Waals surface area (Å²) in [7, 11) is -3.51. The van der Waals surface area contributed by atoms with E-state index >= 15 is 4.39 Å². The van der Waals surface area contributed by atoms with E-state index in [1.165, 1.54) is 21.5 Å². The molecule has 8 heteroatoms. The first kappa shape index (κ1) is 27.6. The molecule has 6 nitrogen and oxygen atoms in total. The molecule has 0 bridgehead atoms. The predicted octanol–water partition coefficient (Wildman–Crippen LogP) is 4.90. The van der Waals surface area contributed by atoms with Gasteiger partial charge in [0.25, 0.3) is 0 Å². The van der Waals surface area contributed by atoms with E-state index in [0.717, 1.165) is 31.4 Å². The maximum absolute atomic E-state index is 15.2. The van der Waals surface area contributed by atoms with E-state index in [1.807, 2.05) is 13.0 Å². The lowest BCUT2D eigenvalue weighted by Crippen LogP contribution is -2.48. The molecule has 0 aliphatic carbocycles. The number of carbonyl (C=O) groups excluding carboxylic acids is 1. The molecule has 2 saturated heterocycles. The molecule has 2 fully saturated rings. The molecule has 2 heterocycles. The summed E-state index contributed by atoms with van der Waals surface area (Å²) in [6, 6.07) is 13.4. The number of benzene rings is 2. The summed E-state index contributed by atoms with van der Waals surface area (Å²) in [5.74, 6) is -0.322. The summed E-state index contributed by atoms with van der Waals surface area (Å²) in [5, 5.41) is -0.401. The predicted molar refractivity (Wildman–Crippen MR) is 147 cm³/mol. The number of rotatable bonds is 8. The second-order valence-electron chi connectivity index (χ2n) is 10.6. The number of amides is 1. The molecular weight excluding hydrogens is 489 g/mol. The maximum atomic E-state index is 15.2. The SMILES string of the molecule is CC(=O)N1CCN(c2ccc(CN3C(C)CCC(CCCCc4ccc(C)cc4)S3(=O)=O)c(F)c2)CC1. The summed E-state index contributed by atoms with van der Waals surface area (Å²) < 4.78 is 43.7. The molecule has 0 radical (unpaired) electrons. The Bertz CT molecular complexity index is 1180. The third-order valence-electron chi connectivity index (χ3n) is 7.96. The van der Waals surface area contributed by atoms with E-state index < -0.39 is 15.3 Å². The van der Waals surface area contributed by atoms with Crippen LogP contribution in [0.2, 0.25) is 0 Å². The zero-order valence-corrected chi connectivity index (χ0v) is 23.1. The first-order valence-corrected chi connectivity index (χ1v) is 15.0. The number of anilines is 1. The van der Waals surface area contributed by atoms with Crippen LogP contribution in [0.3, 0.4) is 0 Å². The van der Waals surface area contributed by atoms with Crippen molar-refractivity contribution in [3.05, 3.63) is 65.0 Å². The zero-order chi connectivity index (χ0) is 26.6. The molecule has 2 aromatic rings. The average Bonchev–Trinajstić information content (AvgIpc) is 2.87. The van der Waals surface area contributed by atoms with Crippen molar-refractivity contribution in [3.8, 4) is 0 Å². The number of carbonyl (C=O) groups is 1. The van der Waals surface area contributed by atoms with Gasteiger partial charge in [-0.2, -0.15) is 4.31 Å². The Morgan fingerprint density at radius 2 is 1.70 bits per heavy atom. The van der Waals surface area contributed by atoms with Crippen molar-refractivity contribution in [2.75, 3.05) is 31.1 Å². The van der Waals surface area contributed by atoms with Crippen LogP contribution in [0.15, 0.2) is 42.5 Å². The second-order valence-corrected chi connectivity index (χ2v) is 12.8. The van der Waals surface area contributed by atoms with E-state index in [4.69, 9.17) is 0 Å². The van der Waals surface area contributed by atoms with Gasteiger partial charge < -0.3 is 9.80 Å². The molecule has 0 saturated carbocycles. The van der Waals surface area contributed by atoms with Crippen molar-refractivity contribution < 1.29 is 17.6 Å². The maximum Gasteiger partial charge on any atom is 0.219 e. The van der Waals surface area contributed by atoms with Gasteiger partial charge in [-0.3, -0.25) is 4.79 Å². The Labute approximate surface area is 221 Å². The van der Waals surface area contributed by atoms with Crippen molar-refractivity contribution in [2.45, 2.75) is 77.1 Å². The Kier molecular flexibility index (Phi) is 8.90. The first-order valence-electron chi connectivity index (χ1n) is 13.5. The lowest BCUT2D eigenvalue weighted by Gasteiger charge is -2.38. The summed E-state index contributed by atoms with van der Waals surface area (Å²) in [6.45, 7) is 8.17. The van der Waals surface area contributed by atoms with Crippen LogP contribution in [-0.2, 0) is 27.8 Å². The standard InChI is InChI=1S/C29H40FN3O3S/c1-22-8-11-25(12-9-22)6-4-5-7-28-15-10-23(2)33(37(28,35)36)21-26-13-14-27(20-29(26)30)32-18-16-31(17-19-32)24(3)34/h8-9,11-14,20,23,28H,4-7,10,15-19,21H2,1-3H3. The van der Waals surface area contributed by atoms with Gasteiger partial charge in [0, 0.05) is 56.9 Å². The van der Waals surface area contributed by atoms with Crippen LogP contribution in [0.1, 0.15) is 62.6 Å². The van der Waals surface area contributed by atoms with Crippen molar-refractivity contribution in [2.24, 2.45) is 0 Å². The van der Waals surface area contributed by atoms with Crippen LogP contribution in [0.4, 0.5) is 10.1 Å². The van der Waals surface area contributed by atoms with Gasteiger partial charge in [-0.25, -0.2) is 12.8 Å². The largest absolute Gasteiger partial charge is 0.368 e. The molecule has 4 rings (SSSR count). The fourth-order valence-corrected chi connectivity index (χ4v) is 7.67. The van der Waals surface area contributed by atoms with E-state index in [9.17, 15) is 13.2 Å². The smallest absolute Gasteiger partial charge is 0.219 e. The molecule has 2 unspecified atom stereocenters. The second kappa shape index (κ2) is 11.9. The Hall–Kier alpha value is -2.45. The van der Waals surface area contributed by atoms with Crippen molar-refractivity contribution in [1.82, 2.24) is 9.21 Å². The number of halogens is 1. The van der Waals surface area contributed by atoms with Crippen LogP contribution in [0, 0.1) is 12.7 Å². The average molecular weight is 530 g/mol. The number of unbranched alkanes of at least 4 members (excludes halogenated alkanes) is 1. The number of hydrogen-bond donors (Lipinski definition) is 0. The fourth-order valence-electron chi connectivity index (χ4n) is 5.47. The van der Waals surface area contributed by atoms with Gasteiger partial charge in [-0.1, -0.05) is 42.3 Å². The van der Waals surface area contributed by atoms with Crippen LogP contribution < -0.4 is 4.90 Å². The molecular formula is C29H40FN3O3S. The van der Waals surface area contributed by atoms with E-state index in [0.29, 0.717) is 44.6 Å². The Morgan fingerprint density at radius 1 is 1.00 bits per heavy atom. The molecule has 0 N–H and O–H groups in total. The van der Waals surface area contributed by atoms with Gasteiger partial charge in [0.05, 0.1) is 5.25 Å². The Morgan fingerprint density at radius 3 is 2.35 bits per heavy atom. The van der Waals surface area contributed by atoms with E-state index in [-0.39, 0.29) is 24.3 Å². The van der Waals surface area contributed by atoms with E-state index in [2.05, 4.69) is 36.1 Å². The number of hydrogen-bond acceptors (Lipinski definition) is 4. The van der Waals surface area contributed by atoms with E-state index in [1.54, 1.807) is 17.9 Å². The minimum atomic E-state index is -3.51. The number of nitrogens with zero attached hydrogens (tertiary/aromatic N) is 3. The first-order chi connectivity index (χ1) is 17.6. The highest BCUT2D eigenvalue weighted by Gasteiger charge is 2.39. The van der Waals surface area contributed by atoms with Gasteiger partial charge in [0.1, 0.15) is 5.82 Å². The normalized spacial score (nSPS) is 22.3. The number of aryl methyl sites for hydroxylation is 2. The lowest BCUT2D eigenvalue weighted by atomic mass is 10.0. The minimum Gasteiger partial charge on any atom is -0.368 e. The Balaban J connectivity index is 1.35. The van der Waals surface area contributed by atoms with Crippen molar-refractivity contribution in [3.63, 3.8) is 0 Å². The molecule has 0 aromatic heterocycles. The van der Waals surface area contributed by atoms with Gasteiger partial charge in [-0.05, 0) is 63.6 Å². The highest BCUT2D eigenvalue weighted by atomic mass is 32.2. The lowest BCUT2D eigenvalue weighted by molar-refractivity contribution is -0.129. The van der Waals surface area contributed by atoms with Crippen LogP contribution >= 0.6 is 0 Å². The molecule has 2 aliphatic heterocycles. The molecule has 2 aliphatic rings. The van der Waals surface area contributed by atoms with Crippen LogP contribution in [0.25, 0.3) is 0 Å². The zero-order valence-electron chi connectivity index (χ0n) is 22.3. The topological polar surface area (TPSA) is 60.9 Å². The summed E-state index contributed by atoms with van der Waals surface area (Å²) >= 11 is 0. The molecule has 2 atom stereocenters. The highest BCUT2D eigenvalue weighted by molar-refractivity contribution is 7.89. The third-order valence-corrected chi connectivity index (χ3v) is 10.4. The fraction of sp³-hybridized carbons (Fsp3) is 0.552. The van der Waals surface area contributed by atoms with Gasteiger partial charge in [0.15, 0.2) is 0 Å².